The highest BCUT2D eigenvalue weighted by Gasteiger charge is 2.14. The zero-order valence-corrected chi connectivity index (χ0v) is 14.0. The topological polar surface area (TPSA) is 144 Å². The number of hydrogen-bond acceptors (Lipinski definition) is 7. The molecule has 2 aromatic rings. The first-order valence-electron chi connectivity index (χ1n) is 7.14. The Kier molecular flexibility index (Phi) is 5.36. The van der Waals surface area contributed by atoms with Gasteiger partial charge in [-0.2, -0.15) is 5.26 Å². The van der Waals surface area contributed by atoms with Crippen molar-refractivity contribution in [2.24, 2.45) is 4.99 Å². The Morgan fingerprint density at radius 3 is 2.52 bits per heavy atom. The molecular weight excluding hydrogens is 346 g/mol. The van der Waals surface area contributed by atoms with Crippen molar-refractivity contribution in [3.05, 3.63) is 51.3 Å². The van der Waals surface area contributed by atoms with Crippen LogP contribution in [0.25, 0.3) is 0 Å². The van der Waals surface area contributed by atoms with Crippen LogP contribution in [0, 0.1) is 18.3 Å². The maximum atomic E-state index is 11.8. The van der Waals surface area contributed by atoms with E-state index in [1.165, 1.54) is 37.4 Å². The molecule has 0 aliphatic heterocycles. The van der Waals surface area contributed by atoms with Crippen molar-refractivity contribution in [1.29, 1.82) is 5.26 Å². The molecule has 0 radical (unpaired) electrons. The number of aromatic hydroxyl groups is 1. The maximum Gasteiger partial charge on any atom is 0.268 e. The molecule has 9 heteroatoms. The lowest BCUT2D eigenvalue weighted by molar-refractivity contribution is 0.319. The molecule has 1 aromatic heterocycles. The minimum atomic E-state index is -3.54. The van der Waals surface area contributed by atoms with Gasteiger partial charge in [0, 0.05) is 6.21 Å². The van der Waals surface area contributed by atoms with Gasteiger partial charge in [-0.1, -0.05) is 0 Å². The number of aliphatic imine (C=N–C) groups is 1. The second-order valence-corrected chi connectivity index (χ2v) is 7.23. The van der Waals surface area contributed by atoms with Crippen LogP contribution >= 0.6 is 0 Å². The van der Waals surface area contributed by atoms with Gasteiger partial charge in [-0.15, -0.1) is 0 Å². The summed E-state index contributed by atoms with van der Waals surface area (Å²) >= 11 is 0. The molecule has 1 aromatic carbocycles. The molecule has 0 saturated heterocycles. The smallest absolute Gasteiger partial charge is 0.268 e. The number of hydrogen-bond donors (Lipinski definition) is 3. The SMILES string of the molecule is Cc1c(C=Nc2ccc(S(=O)(=O)CCO)cc2)c(O)[nH]c(=O)c1C#N. The van der Waals surface area contributed by atoms with Gasteiger partial charge in [0.05, 0.1) is 28.5 Å². The molecule has 0 spiro atoms. The van der Waals surface area contributed by atoms with Crippen molar-refractivity contribution in [2.75, 3.05) is 12.4 Å². The van der Waals surface area contributed by atoms with Crippen LogP contribution in [0.2, 0.25) is 0 Å². The van der Waals surface area contributed by atoms with Crippen molar-refractivity contribution >= 4 is 21.7 Å². The summed E-state index contributed by atoms with van der Waals surface area (Å²) in [5.74, 6) is -0.774. The number of aromatic amines is 1. The lowest BCUT2D eigenvalue weighted by Crippen LogP contribution is -2.14. The minimum absolute atomic E-state index is 0.0651. The van der Waals surface area contributed by atoms with Crippen LogP contribution in [0.1, 0.15) is 16.7 Å². The van der Waals surface area contributed by atoms with Crippen LogP contribution < -0.4 is 5.56 Å². The van der Waals surface area contributed by atoms with Crippen LogP contribution in [0.5, 0.6) is 5.88 Å². The van der Waals surface area contributed by atoms with Gasteiger partial charge in [-0.05, 0) is 36.8 Å². The molecule has 130 valence electrons. The summed E-state index contributed by atoms with van der Waals surface area (Å²) in [7, 11) is -3.54. The molecule has 0 aliphatic carbocycles. The Morgan fingerprint density at radius 1 is 1.32 bits per heavy atom. The number of aliphatic hydroxyl groups is 1. The predicted octanol–water partition coefficient (Wildman–Crippen LogP) is 0.777. The molecule has 0 amide bonds. The fourth-order valence-corrected chi connectivity index (χ4v) is 3.16. The highest BCUT2D eigenvalue weighted by molar-refractivity contribution is 7.91. The molecule has 8 nitrogen and oxygen atoms in total. The summed E-state index contributed by atoms with van der Waals surface area (Å²) in [6.45, 7) is 1.05. The van der Waals surface area contributed by atoms with Gasteiger partial charge in [-0.25, -0.2) is 8.42 Å². The molecule has 0 unspecified atom stereocenters. The Bertz CT molecular complexity index is 1020. The average Bonchev–Trinajstić information content (AvgIpc) is 2.55. The van der Waals surface area contributed by atoms with Gasteiger partial charge in [0.2, 0.25) is 5.88 Å². The molecule has 0 fully saturated rings. The van der Waals surface area contributed by atoms with Crippen LogP contribution in [0.4, 0.5) is 5.69 Å². The van der Waals surface area contributed by atoms with Crippen molar-refractivity contribution < 1.29 is 18.6 Å². The lowest BCUT2D eigenvalue weighted by Gasteiger charge is -2.05. The number of rotatable bonds is 5. The Morgan fingerprint density at radius 2 is 1.96 bits per heavy atom. The van der Waals surface area contributed by atoms with Crippen LogP contribution in [0.15, 0.2) is 38.9 Å². The quantitative estimate of drug-likeness (QED) is 0.671. The predicted molar refractivity (Wildman–Crippen MR) is 91.0 cm³/mol. The number of nitrogens with one attached hydrogen (secondary N) is 1. The third-order valence-corrected chi connectivity index (χ3v) is 5.21. The Balaban J connectivity index is 2.36. The van der Waals surface area contributed by atoms with Gasteiger partial charge in [0.1, 0.15) is 11.6 Å². The zero-order valence-electron chi connectivity index (χ0n) is 13.2. The van der Waals surface area contributed by atoms with Crippen LogP contribution in [0.3, 0.4) is 0 Å². The summed E-state index contributed by atoms with van der Waals surface area (Å²) < 4.78 is 23.6. The van der Waals surface area contributed by atoms with Crippen molar-refractivity contribution in [3.63, 3.8) is 0 Å². The van der Waals surface area contributed by atoms with Gasteiger partial charge < -0.3 is 10.2 Å². The highest BCUT2D eigenvalue weighted by atomic mass is 32.2. The van der Waals surface area contributed by atoms with E-state index < -0.39 is 27.9 Å². The number of pyridine rings is 1. The molecule has 0 saturated carbocycles. The average molecular weight is 361 g/mol. The van der Waals surface area contributed by atoms with E-state index in [9.17, 15) is 18.3 Å². The van der Waals surface area contributed by atoms with Crippen molar-refractivity contribution in [1.82, 2.24) is 4.98 Å². The van der Waals surface area contributed by atoms with E-state index in [1.807, 2.05) is 0 Å². The number of sulfone groups is 1. The molecule has 25 heavy (non-hydrogen) atoms. The minimum Gasteiger partial charge on any atom is -0.494 e. The van der Waals surface area contributed by atoms with E-state index in [2.05, 4.69) is 9.98 Å². The van der Waals surface area contributed by atoms with Crippen LogP contribution in [-0.2, 0) is 9.84 Å². The third kappa shape index (κ3) is 3.93. The molecule has 3 N–H and O–H groups in total. The zero-order chi connectivity index (χ0) is 18.6. The first kappa shape index (κ1) is 18.4. The van der Waals surface area contributed by atoms with Gasteiger partial charge in [0.15, 0.2) is 9.84 Å². The molecule has 1 heterocycles. The number of H-pyrrole nitrogens is 1. The van der Waals surface area contributed by atoms with Crippen LogP contribution in [-0.4, -0.2) is 42.2 Å². The van der Waals surface area contributed by atoms with E-state index in [0.29, 0.717) is 5.69 Å². The number of aromatic nitrogens is 1. The summed E-state index contributed by atoms with van der Waals surface area (Å²) in [4.78, 5) is 17.9. The van der Waals surface area contributed by atoms with E-state index >= 15 is 0 Å². The summed E-state index contributed by atoms with van der Waals surface area (Å²) in [5, 5.41) is 27.6. The van der Waals surface area contributed by atoms with Crippen molar-refractivity contribution in [3.8, 4) is 11.9 Å². The Labute approximate surface area is 143 Å². The molecule has 0 aliphatic rings. The van der Waals surface area contributed by atoms with E-state index in [-0.39, 0.29) is 27.3 Å². The number of nitriles is 1. The number of nitrogens with zero attached hydrogens (tertiary/aromatic N) is 2. The van der Waals surface area contributed by atoms with Gasteiger partial charge >= 0.3 is 0 Å². The second kappa shape index (κ2) is 7.29. The van der Waals surface area contributed by atoms with E-state index in [1.54, 1.807) is 6.07 Å². The first-order valence-corrected chi connectivity index (χ1v) is 8.79. The molecule has 0 bridgehead atoms. The van der Waals surface area contributed by atoms with Gasteiger partial charge in [0.25, 0.3) is 5.56 Å². The van der Waals surface area contributed by atoms with E-state index in [0.717, 1.165) is 0 Å². The van der Waals surface area contributed by atoms with E-state index in [4.69, 9.17) is 10.4 Å². The Hall–Kier alpha value is -2.96. The summed E-state index contributed by atoms with van der Waals surface area (Å²) in [6.07, 6.45) is 1.28. The van der Waals surface area contributed by atoms with Crippen molar-refractivity contribution in [2.45, 2.75) is 11.8 Å². The van der Waals surface area contributed by atoms with Gasteiger partial charge in [-0.3, -0.25) is 14.8 Å². The second-order valence-electron chi connectivity index (χ2n) is 5.12. The molecule has 0 atom stereocenters. The largest absolute Gasteiger partial charge is 0.494 e. The normalized spacial score (nSPS) is 11.6. The maximum absolute atomic E-state index is 11.8. The lowest BCUT2D eigenvalue weighted by atomic mass is 10.1. The number of benzene rings is 1. The highest BCUT2D eigenvalue weighted by Crippen LogP contribution is 2.20. The third-order valence-electron chi connectivity index (χ3n) is 3.50. The summed E-state index contributed by atoms with van der Waals surface area (Å²) in [6, 6.07) is 7.40. The fraction of sp³-hybridized carbons (Fsp3) is 0.188. The molecule has 2 rings (SSSR count). The number of aliphatic hydroxyl groups excluding tert-OH is 1. The first-order chi connectivity index (χ1) is 11.8. The fourth-order valence-electron chi connectivity index (χ4n) is 2.13. The monoisotopic (exact) mass is 361 g/mol. The summed E-state index contributed by atoms with van der Waals surface area (Å²) in [5.41, 5.74) is 0.0759. The standard InChI is InChI=1S/C16H15N3O5S/c1-10-13(8-17)15(21)19-16(22)14(10)9-18-11-2-4-12(5-3-11)25(23,24)7-6-20/h2-5,9,20H,6-7H2,1H3,(H2,19,21,22). The molecular formula is C16H15N3O5S.